The van der Waals surface area contributed by atoms with Crippen molar-refractivity contribution < 1.29 is 19.1 Å². The van der Waals surface area contributed by atoms with Crippen molar-refractivity contribution in [2.45, 2.75) is 37.3 Å². The van der Waals surface area contributed by atoms with E-state index in [-0.39, 0.29) is 23.1 Å². The number of amides is 1. The van der Waals surface area contributed by atoms with Crippen molar-refractivity contribution in [2.75, 3.05) is 50.6 Å². The molecule has 3 atom stereocenters. The van der Waals surface area contributed by atoms with Gasteiger partial charge < -0.3 is 25.0 Å². The number of thioether (sulfide) groups is 1. The lowest BCUT2D eigenvalue weighted by molar-refractivity contribution is -0.146. The Morgan fingerprint density at radius 1 is 1.29 bits per heavy atom. The zero-order valence-corrected chi connectivity index (χ0v) is 19.2. The predicted molar refractivity (Wildman–Crippen MR) is 123 cm³/mol. The maximum atomic E-state index is 12.8. The molecule has 1 aromatic rings. The summed E-state index contributed by atoms with van der Waals surface area (Å²) in [6.45, 7) is 6.44. The number of nitrogens with one attached hydrogen (secondary N) is 2. The number of methoxy groups -OCH3 is 1. The number of hydrogen-bond acceptors (Lipinski definition) is 8. The highest BCUT2D eigenvalue weighted by Gasteiger charge is 2.41. The zero-order valence-electron chi connectivity index (χ0n) is 18.4. The molecular formula is C22H32N4O4S. The van der Waals surface area contributed by atoms with Crippen LogP contribution in [-0.2, 0) is 19.1 Å². The van der Waals surface area contributed by atoms with Crippen LogP contribution in [0.4, 0.5) is 11.4 Å². The monoisotopic (exact) mass is 448 g/mol. The summed E-state index contributed by atoms with van der Waals surface area (Å²) < 4.78 is 10.0. The molecule has 0 radical (unpaired) electrons. The van der Waals surface area contributed by atoms with Crippen LogP contribution in [0, 0.1) is 17.2 Å². The molecule has 0 saturated carbocycles. The number of benzene rings is 1. The first kappa shape index (κ1) is 24.8. The number of ether oxygens (including phenoxy) is 2. The summed E-state index contributed by atoms with van der Waals surface area (Å²) in [6.07, 6.45) is 0.952. The first-order chi connectivity index (χ1) is 15.0. The van der Waals surface area contributed by atoms with Gasteiger partial charge in [-0.3, -0.25) is 9.59 Å². The molecule has 1 saturated heterocycles. The van der Waals surface area contributed by atoms with Crippen LogP contribution >= 0.6 is 11.8 Å². The minimum atomic E-state index is -0.857. The molecule has 8 nitrogen and oxygen atoms in total. The number of esters is 1. The highest BCUT2D eigenvalue weighted by molar-refractivity contribution is 8.01. The van der Waals surface area contributed by atoms with Crippen molar-refractivity contribution in [3.05, 3.63) is 24.3 Å². The Balaban J connectivity index is 1.88. The van der Waals surface area contributed by atoms with Crippen LogP contribution in [0.1, 0.15) is 26.7 Å². The van der Waals surface area contributed by atoms with Gasteiger partial charge >= 0.3 is 5.97 Å². The number of hydrogen-bond donors (Lipinski definition) is 2. The van der Waals surface area contributed by atoms with Crippen LogP contribution in [0.25, 0.3) is 0 Å². The Bertz CT molecular complexity index is 770. The van der Waals surface area contributed by atoms with Crippen LogP contribution in [-0.4, -0.2) is 67.4 Å². The molecule has 0 bridgehead atoms. The summed E-state index contributed by atoms with van der Waals surface area (Å²) in [5, 5.41) is 15.6. The van der Waals surface area contributed by atoms with Crippen LogP contribution in [0.2, 0.25) is 0 Å². The topological polar surface area (TPSA) is 104 Å². The Morgan fingerprint density at radius 3 is 2.61 bits per heavy atom. The number of nitriles is 1. The van der Waals surface area contributed by atoms with Gasteiger partial charge in [-0.05, 0) is 38.5 Å². The summed E-state index contributed by atoms with van der Waals surface area (Å²) in [5.41, 5.74) is 1.99. The second-order valence-corrected chi connectivity index (χ2v) is 8.47. The molecule has 3 unspecified atom stereocenters. The zero-order chi connectivity index (χ0) is 22.6. The molecule has 1 aromatic carbocycles. The summed E-state index contributed by atoms with van der Waals surface area (Å²) in [6, 6.07) is 10.0. The molecule has 2 rings (SSSR count). The summed E-state index contributed by atoms with van der Waals surface area (Å²) in [7, 11) is 1.67. The molecule has 0 spiro atoms. The maximum absolute atomic E-state index is 12.8. The standard InChI is InChI=1S/C22H32N4O4S/c1-4-26-20(13-16(15-23)22(28)30-5-2)31-19(21(26)27)9-10-24-17-7-6-8-18(14-17)25-11-12-29-3/h6-8,14,16,19-20,24-25H,4-5,9-13H2,1-3H3. The largest absolute Gasteiger partial charge is 0.465 e. The van der Waals surface area contributed by atoms with E-state index in [1.165, 1.54) is 11.8 Å². The first-order valence-electron chi connectivity index (χ1n) is 10.6. The quantitative estimate of drug-likeness (QED) is 0.351. The van der Waals surface area contributed by atoms with Gasteiger partial charge in [0, 0.05) is 44.5 Å². The molecular weight excluding hydrogens is 416 g/mol. The number of carbonyl (C=O) groups is 2. The molecule has 1 aliphatic rings. The maximum Gasteiger partial charge on any atom is 0.323 e. The number of carbonyl (C=O) groups excluding carboxylic acids is 2. The Labute approximate surface area is 188 Å². The van der Waals surface area contributed by atoms with Gasteiger partial charge in [-0.15, -0.1) is 11.8 Å². The van der Waals surface area contributed by atoms with Crippen LogP contribution in [0.5, 0.6) is 0 Å². The van der Waals surface area contributed by atoms with Crippen molar-refractivity contribution >= 4 is 35.0 Å². The third-order valence-corrected chi connectivity index (χ3v) is 6.49. The molecule has 170 valence electrons. The minimum absolute atomic E-state index is 0.0647. The van der Waals surface area contributed by atoms with Crippen molar-refractivity contribution in [3.8, 4) is 6.07 Å². The van der Waals surface area contributed by atoms with E-state index in [2.05, 4.69) is 10.6 Å². The molecule has 9 heteroatoms. The predicted octanol–water partition coefficient (Wildman–Crippen LogP) is 2.93. The van der Waals surface area contributed by atoms with E-state index in [0.29, 0.717) is 32.5 Å². The van der Waals surface area contributed by atoms with Crippen LogP contribution in [0.3, 0.4) is 0 Å². The fourth-order valence-corrected chi connectivity index (χ4v) is 5.00. The van der Waals surface area contributed by atoms with Gasteiger partial charge in [0.2, 0.25) is 5.91 Å². The molecule has 1 amide bonds. The van der Waals surface area contributed by atoms with E-state index < -0.39 is 11.9 Å². The van der Waals surface area contributed by atoms with Crippen LogP contribution in [0.15, 0.2) is 24.3 Å². The van der Waals surface area contributed by atoms with E-state index >= 15 is 0 Å². The smallest absolute Gasteiger partial charge is 0.323 e. The van der Waals surface area contributed by atoms with Crippen molar-refractivity contribution in [1.82, 2.24) is 4.90 Å². The molecule has 1 heterocycles. The lowest BCUT2D eigenvalue weighted by Crippen LogP contribution is -2.36. The van der Waals surface area contributed by atoms with Gasteiger partial charge in [0.1, 0.15) is 5.92 Å². The van der Waals surface area contributed by atoms with Gasteiger partial charge in [0.05, 0.1) is 29.9 Å². The highest BCUT2D eigenvalue weighted by Crippen LogP contribution is 2.37. The third kappa shape index (κ3) is 7.33. The molecule has 0 aliphatic carbocycles. The molecule has 0 aromatic heterocycles. The van der Waals surface area contributed by atoms with E-state index in [4.69, 9.17) is 9.47 Å². The number of anilines is 2. The highest BCUT2D eigenvalue weighted by atomic mass is 32.2. The SMILES string of the molecule is CCOC(=O)C(C#N)CC1SC(CCNc2cccc(NCCOC)c2)C(=O)N1CC. The van der Waals surface area contributed by atoms with E-state index in [1.807, 2.05) is 37.3 Å². The fraction of sp³-hybridized carbons (Fsp3) is 0.591. The van der Waals surface area contributed by atoms with Crippen molar-refractivity contribution in [1.29, 1.82) is 5.26 Å². The average molecular weight is 449 g/mol. The van der Waals surface area contributed by atoms with Crippen LogP contribution < -0.4 is 10.6 Å². The van der Waals surface area contributed by atoms with Gasteiger partial charge in [-0.2, -0.15) is 5.26 Å². The molecule has 1 aliphatic heterocycles. The van der Waals surface area contributed by atoms with E-state index in [0.717, 1.165) is 17.9 Å². The van der Waals surface area contributed by atoms with Gasteiger partial charge in [-0.1, -0.05) is 6.07 Å². The fourth-order valence-electron chi connectivity index (χ4n) is 3.41. The molecule has 31 heavy (non-hydrogen) atoms. The van der Waals surface area contributed by atoms with Crippen molar-refractivity contribution in [3.63, 3.8) is 0 Å². The lowest BCUT2D eigenvalue weighted by atomic mass is 10.1. The number of rotatable bonds is 13. The summed E-state index contributed by atoms with van der Waals surface area (Å²) >= 11 is 1.53. The average Bonchev–Trinajstić information content (AvgIpc) is 3.06. The molecule has 1 fully saturated rings. The normalized spacial score (nSPS) is 19.0. The second kappa shape index (κ2) is 13.1. The Morgan fingerprint density at radius 2 is 2.00 bits per heavy atom. The summed E-state index contributed by atoms with van der Waals surface area (Å²) in [5.74, 6) is -1.31. The van der Waals surface area contributed by atoms with Gasteiger partial charge in [-0.25, -0.2) is 0 Å². The molecule has 2 N–H and O–H groups in total. The summed E-state index contributed by atoms with van der Waals surface area (Å²) in [4.78, 5) is 26.6. The van der Waals surface area contributed by atoms with Gasteiger partial charge in [0.15, 0.2) is 0 Å². The second-order valence-electron chi connectivity index (χ2n) is 7.09. The third-order valence-electron chi connectivity index (χ3n) is 4.97. The van der Waals surface area contributed by atoms with E-state index in [9.17, 15) is 14.9 Å². The lowest BCUT2D eigenvalue weighted by Gasteiger charge is -2.23. The Hall–Kier alpha value is -2.44. The number of nitrogens with zero attached hydrogens (tertiary/aromatic N) is 2. The Kier molecular flexibility index (Phi) is 10.5. The van der Waals surface area contributed by atoms with E-state index in [1.54, 1.807) is 18.9 Å². The minimum Gasteiger partial charge on any atom is -0.465 e. The first-order valence-corrected chi connectivity index (χ1v) is 11.6. The van der Waals surface area contributed by atoms with Crippen molar-refractivity contribution in [2.24, 2.45) is 5.92 Å². The van der Waals surface area contributed by atoms with Gasteiger partial charge in [0.25, 0.3) is 0 Å².